The maximum absolute atomic E-state index is 14.0. The zero-order chi connectivity index (χ0) is 27.2. The normalized spacial score (nSPS) is 20.0. The van der Waals surface area contributed by atoms with Gasteiger partial charge in [-0.15, -0.1) is 0 Å². The molecule has 2 bridgehead atoms. The van der Waals surface area contributed by atoms with Crippen LogP contribution in [0.4, 0.5) is 43.9 Å². The number of benzene rings is 1. The molecule has 1 N–H and O–H groups in total. The first kappa shape index (κ1) is 25.4. The molecule has 3 heterocycles. The fourth-order valence-corrected chi connectivity index (χ4v) is 4.40. The van der Waals surface area contributed by atoms with Gasteiger partial charge >= 0.3 is 35.8 Å². The molecule has 194 valence electrons. The van der Waals surface area contributed by atoms with E-state index in [0.717, 1.165) is 10.6 Å². The van der Waals surface area contributed by atoms with Gasteiger partial charge in [-0.3, -0.25) is 9.36 Å². The van der Waals surface area contributed by atoms with Gasteiger partial charge in [0.15, 0.2) is 0 Å². The number of hydrogen-bond acceptors (Lipinski definition) is 4. The number of nitriles is 1. The summed E-state index contributed by atoms with van der Waals surface area (Å²) < 4.78 is 133. The molecule has 17 heteroatoms. The molecule has 1 unspecified atom stereocenters. The Morgan fingerprint density at radius 1 is 1.06 bits per heavy atom. The fraction of sp³-hybridized carbons (Fsp3) is 0.421. The van der Waals surface area contributed by atoms with Crippen molar-refractivity contribution in [1.29, 1.82) is 5.26 Å². The van der Waals surface area contributed by atoms with E-state index in [1.165, 1.54) is 6.07 Å². The third-order valence-electron chi connectivity index (χ3n) is 6.02. The number of alkyl halides is 10. The third-order valence-corrected chi connectivity index (χ3v) is 6.02. The number of rotatable bonds is 3. The van der Waals surface area contributed by atoms with Crippen molar-refractivity contribution < 1.29 is 53.8 Å². The molecule has 7 nitrogen and oxygen atoms in total. The van der Waals surface area contributed by atoms with Crippen molar-refractivity contribution in [2.45, 2.75) is 42.7 Å². The number of likely N-dealkylation sites (tertiary alicyclic amines) is 1. The number of aromatic nitrogens is 2. The van der Waals surface area contributed by atoms with E-state index in [0.29, 0.717) is 16.7 Å². The van der Waals surface area contributed by atoms with Gasteiger partial charge in [-0.05, 0) is 24.6 Å². The van der Waals surface area contributed by atoms with Crippen LogP contribution in [0.5, 0.6) is 5.88 Å². The Balaban J connectivity index is 1.78. The molecule has 0 spiro atoms. The van der Waals surface area contributed by atoms with E-state index < -0.39 is 89.2 Å². The molecule has 2 atom stereocenters. The van der Waals surface area contributed by atoms with Crippen LogP contribution in [0.15, 0.2) is 23.0 Å². The number of hydrogen-bond donors (Lipinski definition) is 1. The van der Waals surface area contributed by atoms with Gasteiger partial charge in [-0.2, -0.15) is 49.2 Å². The van der Waals surface area contributed by atoms with Crippen molar-refractivity contribution in [2.24, 2.45) is 0 Å². The average Bonchev–Trinajstić information content (AvgIpc) is 3.42. The number of nitrogens with zero attached hydrogens (tertiary/aromatic N) is 4. The highest BCUT2D eigenvalue weighted by Gasteiger charge is 2.77. The molecule has 4 rings (SSSR count). The van der Waals surface area contributed by atoms with Crippen LogP contribution in [-0.2, 0) is 11.0 Å². The molecule has 2 aliphatic heterocycles. The highest BCUT2D eigenvalue weighted by Crippen LogP contribution is 2.53. The van der Waals surface area contributed by atoms with Crippen LogP contribution in [0.3, 0.4) is 0 Å². The van der Waals surface area contributed by atoms with E-state index in [2.05, 4.69) is 0 Å². The van der Waals surface area contributed by atoms with E-state index in [1.807, 2.05) is 0 Å². The van der Waals surface area contributed by atoms with Crippen LogP contribution in [0.1, 0.15) is 35.3 Å². The maximum Gasteiger partial charge on any atom is 0.460 e. The number of halogens is 10. The molecule has 0 radical (unpaired) electrons. The zero-order valence-electron chi connectivity index (χ0n) is 17.1. The molecular weight excluding hydrogens is 522 g/mol. The second kappa shape index (κ2) is 7.40. The Hall–Kier alpha value is -3.71. The summed E-state index contributed by atoms with van der Waals surface area (Å²) in [6.45, 7) is -0.898. The van der Waals surface area contributed by atoms with Gasteiger partial charge in [-0.25, -0.2) is 9.36 Å². The molecule has 2 aromatic rings. The summed E-state index contributed by atoms with van der Waals surface area (Å²) in [5.41, 5.74) is -4.73. The quantitative estimate of drug-likeness (QED) is 0.608. The lowest BCUT2D eigenvalue weighted by Crippen LogP contribution is -2.60. The van der Waals surface area contributed by atoms with Crippen molar-refractivity contribution in [2.75, 3.05) is 6.54 Å². The number of carbonyl (C=O) groups excluding carboxylic acids is 1. The predicted octanol–water partition coefficient (Wildman–Crippen LogP) is 3.90. The van der Waals surface area contributed by atoms with Crippen molar-refractivity contribution in [3.8, 4) is 17.6 Å². The third kappa shape index (κ3) is 3.26. The monoisotopic (exact) mass is 532 g/mol. The average molecular weight is 532 g/mol. The van der Waals surface area contributed by atoms with Gasteiger partial charge in [0.2, 0.25) is 5.88 Å². The molecule has 1 aromatic carbocycles. The van der Waals surface area contributed by atoms with Crippen molar-refractivity contribution in [1.82, 2.24) is 14.0 Å². The minimum Gasteiger partial charge on any atom is -0.493 e. The second-order valence-electron chi connectivity index (χ2n) is 8.05. The smallest absolute Gasteiger partial charge is 0.460 e. The fourth-order valence-electron chi connectivity index (χ4n) is 4.40. The number of aromatic hydroxyl groups is 1. The van der Waals surface area contributed by atoms with Crippen molar-refractivity contribution in [3.63, 3.8) is 0 Å². The summed E-state index contributed by atoms with van der Waals surface area (Å²) in [4.78, 5) is 24.9. The summed E-state index contributed by atoms with van der Waals surface area (Å²) >= 11 is 0. The minimum atomic E-state index is -6.77. The standard InChI is InChI=1S/C19H10F10N4O3/c20-16(21,18(25,26)19(27,28)29)14(35)31-6-9-4-11(31)12-13(34)33(15(36)32(9)12)8-2-1-7(5-30)10(3-8)17(22,23)24/h1-3,9,11,34H,4,6H2/t9-,11?/m1/s1. The lowest BCUT2D eigenvalue weighted by Gasteiger charge is -2.34. The van der Waals surface area contributed by atoms with E-state index in [4.69, 9.17) is 5.26 Å². The van der Waals surface area contributed by atoms with E-state index in [-0.39, 0.29) is 4.90 Å². The molecular formula is C19H10F10N4O3. The zero-order valence-corrected chi connectivity index (χ0v) is 17.1. The molecule has 36 heavy (non-hydrogen) atoms. The highest BCUT2D eigenvalue weighted by molar-refractivity contribution is 5.86. The number of carbonyl (C=O) groups is 1. The van der Waals surface area contributed by atoms with Gasteiger partial charge in [0.25, 0.3) is 0 Å². The van der Waals surface area contributed by atoms with Crippen LogP contribution >= 0.6 is 0 Å². The van der Waals surface area contributed by atoms with Gasteiger partial charge in [-0.1, -0.05) is 0 Å². The number of fused-ring (bicyclic) bond motifs is 5. The first-order valence-electron chi connectivity index (χ1n) is 9.67. The van der Waals surface area contributed by atoms with Crippen LogP contribution in [-0.4, -0.2) is 49.6 Å². The second-order valence-corrected chi connectivity index (χ2v) is 8.05. The van der Waals surface area contributed by atoms with Crippen LogP contribution in [0.2, 0.25) is 0 Å². The Morgan fingerprint density at radius 3 is 2.19 bits per heavy atom. The number of amides is 1. The SMILES string of the molecule is N#Cc1ccc(-n2c(O)c3n(c2=O)[C@@H]2CC3N(C(=O)C(F)(F)C(F)(F)C(F)(F)F)C2)cc1C(F)(F)F. The van der Waals surface area contributed by atoms with E-state index in [9.17, 15) is 58.6 Å². The summed E-state index contributed by atoms with van der Waals surface area (Å²) in [6.07, 6.45) is -12.2. The molecule has 1 fully saturated rings. The summed E-state index contributed by atoms with van der Waals surface area (Å²) in [7, 11) is 0. The summed E-state index contributed by atoms with van der Waals surface area (Å²) in [6, 6.07) is 0.199. The molecule has 0 aliphatic carbocycles. The number of imidazole rings is 1. The lowest BCUT2D eigenvalue weighted by molar-refractivity contribution is -0.346. The van der Waals surface area contributed by atoms with Crippen molar-refractivity contribution in [3.05, 3.63) is 45.5 Å². The first-order valence-corrected chi connectivity index (χ1v) is 9.67. The Bertz CT molecular complexity index is 1370. The Morgan fingerprint density at radius 2 is 1.67 bits per heavy atom. The minimum absolute atomic E-state index is 0.0386. The first-order chi connectivity index (χ1) is 16.4. The van der Waals surface area contributed by atoms with E-state index in [1.54, 1.807) is 0 Å². The van der Waals surface area contributed by atoms with Gasteiger partial charge < -0.3 is 10.0 Å². The maximum atomic E-state index is 14.0. The Labute approximate surface area is 192 Å². The molecule has 1 aromatic heterocycles. The van der Waals surface area contributed by atoms with Crippen LogP contribution in [0.25, 0.3) is 5.69 Å². The van der Waals surface area contributed by atoms with E-state index >= 15 is 0 Å². The van der Waals surface area contributed by atoms with Crippen LogP contribution < -0.4 is 5.69 Å². The molecule has 2 aliphatic rings. The molecule has 0 saturated carbocycles. The summed E-state index contributed by atoms with van der Waals surface area (Å²) in [5, 5.41) is 19.4. The largest absolute Gasteiger partial charge is 0.493 e. The van der Waals surface area contributed by atoms with Gasteiger partial charge in [0.1, 0.15) is 5.69 Å². The molecule has 1 amide bonds. The van der Waals surface area contributed by atoms with Gasteiger partial charge in [0, 0.05) is 6.54 Å². The van der Waals surface area contributed by atoms with Crippen LogP contribution in [0, 0.1) is 11.3 Å². The predicted molar refractivity (Wildman–Crippen MR) is 95.5 cm³/mol. The lowest BCUT2D eigenvalue weighted by atomic mass is 10.1. The topological polar surface area (TPSA) is 91.3 Å². The summed E-state index contributed by atoms with van der Waals surface area (Å²) in [5.74, 6) is -17.0. The van der Waals surface area contributed by atoms with Crippen molar-refractivity contribution >= 4 is 5.91 Å². The van der Waals surface area contributed by atoms with Gasteiger partial charge in [0.05, 0.1) is 35.0 Å². The molecule has 1 saturated heterocycles. The Kier molecular flexibility index (Phi) is 5.22. The highest BCUT2D eigenvalue weighted by atomic mass is 19.4.